The molecule has 6 nitrogen and oxygen atoms in total. The van der Waals surface area contributed by atoms with E-state index in [0.717, 1.165) is 74.2 Å². The zero-order valence-corrected chi connectivity index (χ0v) is 17.1. The first-order valence-corrected chi connectivity index (χ1v) is 10.7. The standard InChI is InChI=1S/C23H28N4O2/c1-2-29-19-6-7-21-20(14-19)22(18(15-24)16-25-21)26-12-8-17(9-13-26)23(28)27-10-4-3-5-11-27/h6-7,14,16-17H,2-5,8-13H2,1H3. The Morgan fingerprint density at radius 3 is 2.66 bits per heavy atom. The number of hydrogen-bond donors (Lipinski definition) is 0. The number of likely N-dealkylation sites (tertiary alicyclic amines) is 1. The van der Waals surface area contributed by atoms with Gasteiger partial charge in [0, 0.05) is 43.7 Å². The number of carbonyl (C=O) groups excluding carboxylic acids is 1. The fraction of sp³-hybridized carbons (Fsp3) is 0.522. The summed E-state index contributed by atoms with van der Waals surface area (Å²) in [6.07, 6.45) is 6.80. The molecule has 1 aromatic heterocycles. The smallest absolute Gasteiger partial charge is 0.225 e. The molecule has 2 aliphatic heterocycles. The zero-order chi connectivity index (χ0) is 20.2. The average Bonchev–Trinajstić information content (AvgIpc) is 2.78. The molecule has 29 heavy (non-hydrogen) atoms. The maximum absolute atomic E-state index is 12.9. The summed E-state index contributed by atoms with van der Waals surface area (Å²) in [5, 5.41) is 10.6. The fourth-order valence-electron chi connectivity index (χ4n) is 4.56. The number of anilines is 1. The summed E-state index contributed by atoms with van der Waals surface area (Å²) < 4.78 is 5.67. The lowest BCUT2D eigenvalue weighted by Gasteiger charge is -2.37. The SMILES string of the molecule is CCOc1ccc2ncc(C#N)c(N3CCC(C(=O)N4CCCCC4)CC3)c2c1. The van der Waals surface area contributed by atoms with E-state index in [1.807, 2.05) is 25.1 Å². The third-order valence-electron chi connectivity index (χ3n) is 6.07. The van der Waals surface area contributed by atoms with Crippen molar-refractivity contribution in [1.82, 2.24) is 9.88 Å². The predicted molar refractivity (Wildman–Crippen MR) is 113 cm³/mol. The van der Waals surface area contributed by atoms with Gasteiger partial charge in [-0.25, -0.2) is 0 Å². The van der Waals surface area contributed by atoms with Crippen molar-refractivity contribution < 1.29 is 9.53 Å². The molecule has 152 valence electrons. The number of benzene rings is 1. The lowest BCUT2D eigenvalue weighted by Crippen LogP contribution is -2.44. The molecule has 1 amide bonds. The van der Waals surface area contributed by atoms with E-state index in [1.54, 1.807) is 6.20 Å². The molecule has 2 fully saturated rings. The Bertz CT molecular complexity index is 922. The van der Waals surface area contributed by atoms with Crippen LogP contribution in [0.4, 0.5) is 5.69 Å². The molecule has 0 radical (unpaired) electrons. The summed E-state index contributed by atoms with van der Waals surface area (Å²) in [6.45, 7) is 5.92. The van der Waals surface area contributed by atoms with Gasteiger partial charge in [-0.15, -0.1) is 0 Å². The van der Waals surface area contributed by atoms with Crippen molar-refractivity contribution >= 4 is 22.5 Å². The van der Waals surface area contributed by atoms with Crippen LogP contribution in [0.15, 0.2) is 24.4 Å². The molecule has 0 atom stereocenters. The minimum atomic E-state index is 0.0990. The van der Waals surface area contributed by atoms with Gasteiger partial charge < -0.3 is 14.5 Å². The molecule has 1 aromatic carbocycles. The summed E-state index contributed by atoms with van der Waals surface area (Å²) in [5.41, 5.74) is 2.35. The maximum Gasteiger partial charge on any atom is 0.225 e. The molecule has 2 aliphatic rings. The number of hydrogen-bond acceptors (Lipinski definition) is 5. The van der Waals surface area contributed by atoms with E-state index in [0.29, 0.717) is 18.1 Å². The Morgan fingerprint density at radius 1 is 1.21 bits per heavy atom. The normalized spacial score (nSPS) is 17.9. The number of pyridine rings is 1. The van der Waals surface area contributed by atoms with Gasteiger partial charge in [-0.2, -0.15) is 5.26 Å². The third kappa shape index (κ3) is 4.00. The Labute approximate surface area is 172 Å². The van der Waals surface area contributed by atoms with Gasteiger partial charge in [0.05, 0.1) is 23.4 Å². The van der Waals surface area contributed by atoms with Crippen LogP contribution >= 0.6 is 0 Å². The second kappa shape index (κ2) is 8.69. The molecule has 2 aromatic rings. The van der Waals surface area contributed by atoms with E-state index in [4.69, 9.17) is 4.74 Å². The third-order valence-corrected chi connectivity index (χ3v) is 6.07. The lowest BCUT2D eigenvalue weighted by molar-refractivity contribution is -0.137. The Balaban J connectivity index is 1.56. The molecule has 0 spiro atoms. The molecular weight excluding hydrogens is 364 g/mol. The fourth-order valence-corrected chi connectivity index (χ4v) is 4.56. The minimum absolute atomic E-state index is 0.0990. The first-order valence-electron chi connectivity index (χ1n) is 10.7. The van der Waals surface area contributed by atoms with Gasteiger partial charge in [-0.05, 0) is 57.2 Å². The minimum Gasteiger partial charge on any atom is -0.494 e. The number of fused-ring (bicyclic) bond motifs is 1. The van der Waals surface area contributed by atoms with Crippen LogP contribution in [0, 0.1) is 17.2 Å². The van der Waals surface area contributed by atoms with Gasteiger partial charge in [0.1, 0.15) is 11.8 Å². The number of piperidine rings is 2. The van der Waals surface area contributed by atoms with Crippen molar-refractivity contribution in [2.75, 3.05) is 37.7 Å². The Hall–Kier alpha value is -2.81. The molecule has 6 heteroatoms. The maximum atomic E-state index is 12.9. The second-order valence-corrected chi connectivity index (χ2v) is 7.89. The van der Waals surface area contributed by atoms with Gasteiger partial charge in [0.25, 0.3) is 0 Å². The van der Waals surface area contributed by atoms with Crippen LogP contribution < -0.4 is 9.64 Å². The van der Waals surface area contributed by atoms with E-state index >= 15 is 0 Å². The van der Waals surface area contributed by atoms with Gasteiger partial charge in [-0.3, -0.25) is 9.78 Å². The van der Waals surface area contributed by atoms with Gasteiger partial charge >= 0.3 is 0 Å². The first-order chi connectivity index (χ1) is 14.2. The molecular formula is C23H28N4O2. The van der Waals surface area contributed by atoms with Crippen LogP contribution in [-0.2, 0) is 4.79 Å². The number of rotatable bonds is 4. The first kappa shape index (κ1) is 19.5. The zero-order valence-electron chi connectivity index (χ0n) is 17.1. The van der Waals surface area contributed by atoms with Crippen molar-refractivity contribution in [3.05, 3.63) is 30.0 Å². The molecule has 0 bridgehead atoms. The number of nitriles is 1. The molecule has 0 aliphatic carbocycles. The van der Waals surface area contributed by atoms with Crippen LogP contribution in [0.2, 0.25) is 0 Å². The van der Waals surface area contributed by atoms with Gasteiger partial charge in [0.15, 0.2) is 0 Å². The lowest BCUT2D eigenvalue weighted by atomic mass is 9.93. The Morgan fingerprint density at radius 2 is 1.97 bits per heavy atom. The van der Waals surface area contributed by atoms with Crippen LogP contribution in [0.5, 0.6) is 5.75 Å². The number of nitrogens with zero attached hydrogens (tertiary/aromatic N) is 4. The summed E-state index contributed by atoms with van der Waals surface area (Å²) in [7, 11) is 0. The molecule has 4 rings (SSSR count). The monoisotopic (exact) mass is 392 g/mol. The number of amides is 1. The predicted octanol–water partition coefficient (Wildman–Crippen LogP) is 3.73. The van der Waals surface area contributed by atoms with Gasteiger partial charge in [0.2, 0.25) is 5.91 Å². The van der Waals surface area contributed by atoms with Crippen LogP contribution in [-0.4, -0.2) is 48.6 Å². The van der Waals surface area contributed by atoms with E-state index in [9.17, 15) is 10.1 Å². The second-order valence-electron chi connectivity index (χ2n) is 7.89. The van der Waals surface area contributed by atoms with Crippen LogP contribution in [0.25, 0.3) is 10.9 Å². The largest absolute Gasteiger partial charge is 0.494 e. The van der Waals surface area contributed by atoms with E-state index in [2.05, 4.69) is 20.9 Å². The van der Waals surface area contributed by atoms with E-state index in [1.165, 1.54) is 6.42 Å². The van der Waals surface area contributed by atoms with E-state index in [-0.39, 0.29) is 5.92 Å². The van der Waals surface area contributed by atoms with E-state index < -0.39 is 0 Å². The summed E-state index contributed by atoms with van der Waals surface area (Å²) in [5.74, 6) is 1.21. The highest BCUT2D eigenvalue weighted by Gasteiger charge is 2.30. The average molecular weight is 393 g/mol. The molecule has 0 unspecified atom stereocenters. The molecule has 2 saturated heterocycles. The highest BCUT2D eigenvalue weighted by molar-refractivity contribution is 5.95. The van der Waals surface area contributed by atoms with Crippen LogP contribution in [0.1, 0.15) is 44.6 Å². The summed E-state index contributed by atoms with van der Waals surface area (Å²) >= 11 is 0. The molecule has 0 N–H and O–H groups in total. The van der Waals surface area contributed by atoms with Crippen molar-refractivity contribution in [3.8, 4) is 11.8 Å². The quantitative estimate of drug-likeness (QED) is 0.793. The number of carbonyl (C=O) groups is 1. The number of ether oxygens (including phenoxy) is 1. The Kier molecular flexibility index (Phi) is 5.84. The van der Waals surface area contributed by atoms with Crippen LogP contribution in [0.3, 0.4) is 0 Å². The topological polar surface area (TPSA) is 69.5 Å². The number of aromatic nitrogens is 1. The molecule has 0 saturated carbocycles. The molecule has 3 heterocycles. The van der Waals surface area contributed by atoms with Crippen molar-refractivity contribution in [2.45, 2.75) is 39.0 Å². The van der Waals surface area contributed by atoms with Crippen molar-refractivity contribution in [1.29, 1.82) is 5.26 Å². The highest BCUT2D eigenvalue weighted by atomic mass is 16.5. The summed E-state index contributed by atoms with van der Waals surface area (Å²) in [6, 6.07) is 8.14. The highest BCUT2D eigenvalue weighted by Crippen LogP contribution is 2.35. The summed E-state index contributed by atoms with van der Waals surface area (Å²) in [4.78, 5) is 21.6. The van der Waals surface area contributed by atoms with Crippen molar-refractivity contribution in [2.24, 2.45) is 5.92 Å². The van der Waals surface area contributed by atoms with Crippen molar-refractivity contribution in [3.63, 3.8) is 0 Å². The van der Waals surface area contributed by atoms with Gasteiger partial charge in [-0.1, -0.05) is 0 Å².